The Kier molecular flexibility index (Phi) is 2.69. The lowest BCUT2D eigenvalue weighted by Crippen LogP contribution is -2.35. The summed E-state index contributed by atoms with van der Waals surface area (Å²) in [6, 6.07) is 10.9. The molecule has 0 fully saturated rings. The normalized spacial score (nSPS) is 20.4. The number of aromatic hydroxyl groups is 1. The van der Waals surface area contributed by atoms with Crippen molar-refractivity contribution in [2.45, 2.75) is 18.9 Å². The van der Waals surface area contributed by atoms with Gasteiger partial charge in [0, 0.05) is 22.6 Å². The van der Waals surface area contributed by atoms with Gasteiger partial charge in [0.1, 0.15) is 5.75 Å². The first kappa shape index (κ1) is 12.4. The van der Waals surface area contributed by atoms with Crippen molar-refractivity contribution in [3.8, 4) is 16.9 Å². The van der Waals surface area contributed by atoms with Crippen LogP contribution < -0.4 is 0 Å². The van der Waals surface area contributed by atoms with Gasteiger partial charge in [0.25, 0.3) is 0 Å². The van der Waals surface area contributed by atoms with Crippen molar-refractivity contribution in [1.82, 2.24) is 4.90 Å². The van der Waals surface area contributed by atoms with E-state index in [0.717, 1.165) is 29.4 Å². The first-order valence-electron chi connectivity index (χ1n) is 6.99. The van der Waals surface area contributed by atoms with Crippen LogP contribution in [0, 0.1) is 0 Å². The third-order valence-electron chi connectivity index (χ3n) is 4.64. The predicted molar refractivity (Wildman–Crippen MR) is 84.0 cm³/mol. The van der Waals surface area contributed by atoms with Gasteiger partial charge in [-0.15, -0.1) is 0 Å². The Balaban J connectivity index is 2.04. The van der Waals surface area contributed by atoms with Gasteiger partial charge in [-0.1, -0.05) is 34.1 Å². The first-order valence-corrected chi connectivity index (χ1v) is 7.78. The van der Waals surface area contributed by atoms with Gasteiger partial charge in [-0.3, -0.25) is 4.90 Å². The highest BCUT2D eigenvalue weighted by atomic mass is 79.9. The summed E-state index contributed by atoms with van der Waals surface area (Å²) in [5.74, 6) is 0.384. The maximum atomic E-state index is 10.4. The predicted octanol–water partition coefficient (Wildman–Crippen LogP) is 3.91. The molecule has 4 rings (SSSR count). The fourth-order valence-corrected chi connectivity index (χ4v) is 4.19. The molecule has 20 heavy (non-hydrogen) atoms. The van der Waals surface area contributed by atoms with Crippen LogP contribution in [0.1, 0.15) is 22.7 Å². The lowest BCUT2D eigenvalue weighted by atomic mass is 9.77. The van der Waals surface area contributed by atoms with Gasteiger partial charge in [0.2, 0.25) is 0 Å². The molecule has 0 spiro atoms. The van der Waals surface area contributed by atoms with Crippen LogP contribution in [0.25, 0.3) is 11.1 Å². The van der Waals surface area contributed by atoms with Crippen molar-refractivity contribution in [3.05, 3.63) is 51.5 Å². The number of hydrogen-bond acceptors (Lipinski definition) is 2. The summed E-state index contributed by atoms with van der Waals surface area (Å²) in [4.78, 5) is 2.44. The van der Waals surface area contributed by atoms with E-state index in [0.29, 0.717) is 11.8 Å². The van der Waals surface area contributed by atoms with Crippen molar-refractivity contribution in [1.29, 1.82) is 0 Å². The smallest absolute Gasteiger partial charge is 0.124 e. The second kappa shape index (κ2) is 4.34. The van der Waals surface area contributed by atoms with Gasteiger partial charge in [-0.2, -0.15) is 0 Å². The monoisotopic (exact) mass is 329 g/mol. The largest absolute Gasteiger partial charge is 0.507 e. The van der Waals surface area contributed by atoms with E-state index in [1.807, 2.05) is 0 Å². The molecule has 0 bridgehead atoms. The van der Waals surface area contributed by atoms with E-state index in [4.69, 9.17) is 0 Å². The third kappa shape index (κ3) is 1.66. The maximum absolute atomic E-state index is 10.4. The molecule has 0 unspecified atom stereocenters. The van der Waals surface area contributed by atoms with Crippen LogP contribution in [0.15, 0.2) is 34.8 Å². The molecular formula is C17H16BrNO. The summed E-state index contributed by atoms with van der Waals surface area (Å²) < 4.78 is 0.951. The van der Waals surface area contributed by atoms with Crippen LogP contribution in [0.2, 0.25) is 0 Å². The molecule has 2 aromatic carbocycles. The molecule has 1 N–H and O–H groups in total. The van der Waals surface area contributed by atoms with E-state index in [-0.39, 0.29) is 0 Å². The van der Waals surface area contributed by atoms with Gasteiger partial charge >= 0.3 is 0 Å². The highest BCUT2D eigenvalue weighted by molar-refractivity contribution is 9.10. The quantitative estimate of drug-likeness (QED) is 0.792. The molecule has 0 aromatic heterocycles. The zero-order chi connectivity index (χ0) is 13.9. The molecule has 0 saturated heterocycles. The number of nitrogens with zero attached hydrogens (tertiary/aromatic N) is 1. The molecule has 0 amide bonds. The molecule has 2 aromatic rings. The van der Waals surface area contributed by atoms with Gasteiger partial charge in [-0.25, -0.2) is 0 Å². The first-order chi connectivity index (χ1) is 9.65. The highest BCUT2D eigenvalue weighted by Gasteiger charge is 2.33. The number of phenolic OH excluding ortho intramolecular Hbond substituents is 1. The molecule has 3 heteroatoms. The van der Waals surface area contributed by atoms with Crippen LogP contribution in [-0.4, -0.2) is 23.6 Å². The molecule has 1 atom stereocenters. The fraction of sp³-hybridized carbons (Fsp3) is 0.294. The average molecular weight is 330 g/mol. The minimum Gasteiger partial charge on any atom is -0.507 e. The average Bonchev–Trinajstić information content (AvgIpc) is 2.42. The minimum absolute atomic E-state index is 0.384. The summed E-state index contributed by atoms with van der Waals surface area (Å²) in [5.41, 5.74) is 6.34. The summed E-state index contributed by atoms with van der Waals surface area (Å²) in [5, 5.41) is 10.4. The zero-order valence-electron chi connectivity index (χ0n) is 11.4. The van der Waals surface area contributed by atoms with E-state index in [1.165, 1.54) is 22.3 Å². The van der Waals surface area contributed by atoms with Crippen molar-refractivity contribution < 1.29 is 5.11 Å². The van der Waals surface area contributed by atoms with Crippen LogP contribution >= 0.6 is 15.9 Å². The Morgan fingerprint density at radius 1 is 1.25 bits per heavy atom. The van der Waals surface area contributed by atoms with Crippen molar-refractivity contribution in [2.24, 2.45) is 0 Å². The molecule has 0 radical (unpaired) electrons. The van der Waals surface area contributed by atoms with Gasteiger partial charge < -0.3 is 5.11 Å². The van der Waals surface area contributed by atoms with Crippen LogP contribution in [0.5, 0.6) is 5.75 Å². The number of halogens is 1. The lowest BCUT2D eigenvalue weighted by molar-refractivity contribution is 0.228. The minimum atomic E-state index is 0.384. The third-order valence-corrected chi connectivity index (χ3v) is 5.10. The van der Waals surface area contributed by atoms with Crippen molar-refractivity contribution >= 4 is 15.9 Å². The number of hydrogen-bond donors (Lipinski definition) is 1. The van der Waals surface area contributed by atoms with Crippen LogP contribution in [0.3, 0.4) is 0 Å². The Labute approximate surface area is 127 Å². The number of likely N-dealkylation sites (N-methyl/N-ethyl adjacent to an activating group) is 1. The van der Waals surface area contributed by atoms with E-state index in [2.05, 4.69) is 52.1 Å². The van der Waals surface area contributed by atoms with E-state index in [9.17, 15) is 5.11 Å². The summed E-state index contributed by atoms with van der Waals surface area (Å²) >= 11 is 3.49. The zero-order valence-corrected chi connectivity index (χ0v) is 12.9. The van der Waals surface area contributed by atoms with Gasteiger partial charge in [-0.05, 0) is 54.3 Å². The number of phenols is 1. The fourth-order valence-electron chi connectivity index (χ4n) is 3.70. The molecule has 1 aliphatic carbocycles. The summed E-state index contributed by atoms with van der Waals surface area (Å²) in [6.45, 7) is 1.11. The Morgan fingerprint density at radius 2 is 2.10 bits per heavy atom. The Morgan fingerprint density at radius 3 is 2.95 bits per heavy atom. The molecule has 0 saturated carbocycles. The van der Waals surface area contributed by atoms with Crippen molar-refractivity contribution in [3.63, 3.8) is 0 Å². The summed E-state index contributed by atoms with van der Waals surface area (Å²) in [7, 11) is 2.20. The number of fused-ring (bicyclic) bond motifs is 2. The second-order valence-electron chi connectivity index (χ2n) is 5.79. The lowest BCUT2D eigenvalue weighted by Gasteiger charge is -2.39. The molecule has 2 aliphatic rings. The van der Waals surface area contributed by atoms with E-state index >= 15 is 0 Å². The number of benzene rings is 2. The molecular weight excluding hydrogens is 314 g/mol. The second-order valence-corrected chi connectivity index (χ2v) is 6.70. The van der Waals surface area contributed by atoms with Gasteiger partial charge in [0.05, 0.1) is 0 Å². The molecule has 2 nitrogen and oxygen atoms in total. The van der Waals surface area contributed by atoms with E-state index in [1.54, 1.807) is 6.07 Å². The maximum Gasteiger partial charge on any atom is 0.124 e. The van der Waals surface area contributed by atoms with Crippen LogP contribution in [-0.2, 0) is 12.8 Å². The topological polar surface area (TPSA) is 23.5 Å². The molecule has 102 valence electrons. The Hall–Kier alpha value is -1.32. The molecule has 1 heterocycles. The van der Waals surface area contributed by atoms with Crippen LogP contribution in [0.4, 0.5) is 0 Å². The summed E-state index contributed by atoms with van der Waals surface area (Å²) in [6.07, 6.45) is 2.08. The molecule has 1 aliphatic heterocycles. The SMILES string of the molecule is CN1CCc2cccc3c2[C@@H]1Cc1cc(Br)cc(O)c1-3. The standard InChI is InChI=1S/C17H16BrNO/c1-19-6-5-10-3-2-4-13-16(10)14(19)8-11-7-12(18)9-15(20)17(11)13/h2-4,7,9,14,20H,5-6,8H2,1H3/t14-/m0/s1. The Bertz CT molecular complexity index is 710. The van der Waals surface area contributed by atoms with Crippen molar-refractivity contribution in [2.75, 3.05) is 13.6 Å². The highest BCUT2D eigenvalue weighted by Crippen LogP contribution is 2.48. The van der Waals surface area contributed by atoms with E-state index < -0.39 is 0 Å². The number of rotatable bonds is 0. The van der Waals surface area contributed by atoms with Gasteiger partial charge in [0.15, 0.2) is 0 Å².